The smallest absolute Gasteiger partial charge is 0.303 e. The van der Waals surface area contributed by atoms with E-state index in [1.165, 1.54) is 0 Å². The number of carboxylic acid groups (broad SMARTS) is 1. The number of hydrogen-bond acceptors (Lipinski definition) is 3. The Morgan fingerprint density at radius 2 is 1.94 bits per heavy atom. The fraction of sp³-hybridized carbons (Fsp3) is 0.538. The van der Waals surface area contributed by atoms with Gasteiger partial charge in [-0.3, -0.25) is 9.79 Å². The highest BCUT2D eigenvalue weighted by Crippen LogP contribution is 2.21. The van der Waals surface area contributed by atoms with Crippen LogP contribution in [-0.2, 0) is 4.79 Å². The first kappa shape index (κ1) is 17.8. The molecule has 1 rings (SSSR count). The molecule has 0 aliphatic carbocycles. The maximum atomic E-state index is 10.3. The van der Waals surface area contributed by atoms with Gasteiger partial charge in [-0.05, 0) is 0 Å². The minimum atomic E-state index is -0.723. The monoisotopic (exact) mass is 240 g/mol. The zero-order chi connectivity index (χ0) is 13.8. The second-order valence-corrected chi connectivity index (χ2v) is 3.25. The Bertz CT molecular complexity index is 256. The molecule has 1 saturated heterocycles. The first-order chi connectivity index (χ1) is 8.13. The quantitative estimate of drug-likeness (QED) is 0.606. The van der Waals surface area contributed by atoms with Crippen LogP contribution in [0.3, 0.4) is 0 Å². The lowest BCUT2D eigenvalue weighted by molar-refractivity contribution is -0.139. The molecular formula is C13H24N2O2. The van der Waals surface area contributed by atoms with Gasteiger partial charge in [0.25, 0.3) is 0 Å². The second kappa shape index (κ2) is 10.9. The Balaban J connectivity index is 0. The van der Waals surface area contributed by atoms with E-state index in [1.54, 1.807) is 13.3 Å². The standard InChI is InChI=1S/C9H14N2O2.C2H6.C2H4/c1-7(4-10-2)11-5-8(6-11)3-9(12)13;2*1-2/h4,8H,1,3,5-6H2,2H3,(H,12,13);1-2H3;1-2H2. The molecule has 0 bridgehead atoms. The summed E-state index contributed by atoms with van der Waals surface area (Å²) in [6.45, 7) is 15.4. The van der Waals surface area contributed by atoms with Gasteiger partial charge in [0.1, 0.15) is 0 Å². The lowest BCUT2D eigenvalue weighted by Crippen LogP contribution is -2.46. The van der Waals surface area contributed by atoms with E-state index >= 15 is 0 Å². The lowest BCUT2D eigenvalue weighted by atomic mass is 9.96. The van der Waals surface area contributed by atoms with Crippen LogP contribution in [0.15, 0.2) is 30.4 Å². The average molecular weight is 240 g/mol. The van der Waals surface area contributed by atoms with Crippen LogP contribution >= 0.6 is 0 Å². The first-order valence-corrected chi connectivity index (χ1v) is 5.71. The van der Waals surface area contributed by atoms with Gasteiger partial charge < -0.3 is 10.0 Å². The van der Waals surface area contributed by atoms with Crippen LogP contribution in [0.2, 0.25) is 0 Å². The van der Waals surface area contributed by atoms with E-state index in [-0.39, 0.29) is 12.3 Å². The predicted octanol–water partition coefficient (Wildman–Crippen LogP) is 2.44. The van der Waals surface area contributed by atoms with E-state index in [2.05, 4.69) is 24.7 Å². The number of rotatable bonds is 4. The molecule has 1 aliphatic rings. The van der Waals surface area contributed by atoms with E-state index in [4.69, 9.17) is 5.11 Å². The molecule has 0 unspecified atom stereocenters. The highest BCUT2D eigenvalue weighted by molar-refractivity contribution is 5.77. The summed E-state index contributed by atoms with van der Waals surface area (Å²) in [4.78, 5) is 16.2. The Labute approximate surface area is 104 Å². The summed E-state index contributed by atoms with van der Waals surface area (Å²) in [5.41, 5.74) is 0.865. The van der Waals surface area contributed by atoms with Crippen LogP contribution < -0.4 is 0 Å². The first-order valence-electron chi connectivity index (χ1n) is 5.71. The molecule has 98 valence electrons. The van der Waals surface area contributed by atoms with E-state index in [9.17, 15) is 4.79 Å². The average Bonchev–Trinajstić information content (AvgIpc) is 2.28. The summed E-state index contributed by atoms with van der Waals surface area (Å²) in [6, 6.07) is 0. The van der Waals surface area contributed by atoms with E-state index < -0.39 is 5.97 Å². The van der Waals surface area contributed by atoms with Crippen molar-refractivity contribution in [2.24, 2.45) is 10.9 Å². The van der Waals surface area contributed by atoms with Crippen LogP contribution in [0.4, 0.5) is 0 Å². The zero-order valence-electron chi connectivity index (χ0n) is 11.1. The van der Waals surface area contributed by atoms with Crippen molar-refractivity contribution in [1.29, 1.82) is 0 Å². The van der Waals surface area contributed by atoms with Crippen molar-refractivity contribution in [2.75, 3.05) is 20.1 Å². The van der Waals surface area contributed by atoms with E-state index in [0.29, 0.717) is 0 Å². The minimum Gasteiger partial charge on any atom is -0.481 e. The topological polar surface area (TPSA) is 52.9 Å². The number of aliphatic imine (C=N–C) groups is 1. The maximum Gasteiger partial charge on any atom is 0.303 e. The molecule has 1 N–H and O–H groups in total. The summed E-state index contributed by atoms with van der Waals surface area (Å²) in [6.07, 6.45) is 1.95. The van der Waals surface area contributed by atoms with Gasteiger partial charge in [0.2, 0.25) is 0 Å². The largest absolute Gasteiger partial charge is 0.481 e. The molecule has 0 radical (unpaired) electrons. The van der Waals surface area contributed by atoms with Crippen molar-refractivity contribution in [1.82, 2.24) is 4.90 Å². The highest BCUT2D eigenvalue weighted by Gasteiger charge is 2.28. The van der Waals surface area contributed by atoms with Gasteiger partial charge in [-0.2, -0.15) is 0 Å². The fourth-order valence-corrected chi connectivity index (χ4v) is 1.41. The highest BCUT2D eigenvalue weighted by atomic mass is 16.4. The molecule has 0 aromatic carbocycles. The van der Waals surface area contributed by atoms with Gasteiger partial charge in [0, 0.05) is 38.0 Å². The lowest BCUT2D eigenvalue weighted by Gasteiger charge is -2.40. The molecule has 0 atom stereocenters. The van der Waals surface area contributed by atoms with Crippen molar-refractivity contribution < 1.29 is 9.90 Å². The minimum absolute atomic E-state index is 0.257. The predicted molar refractivity (Wildman–Crippen MR) is 73.5 cm³/mol. The Hall–Kier alpha value is -1.58. The molecule has 0 aromatic heterocycles. The third-order valence-electron chi connectivity index (χ3n) is 2.10. The summed E-state index contributed by atoms with van der Waals surface area (Å²) >= 11 is 0. The third-order valence-corrected chi connectivity index (χ3v) is 2.10. The molecule has 1 aliphatic heterocycles. The Morgan fingerprint density at radius 1 is 1.47 bits per heavy atom. The summed E-state index contributed by atoms with van der Waals surface area (Å²) < 4.78 is 0. The molecule has 4 nitrogen and oxygen atoms in total. The van der Waals surface area contributed by atoms with Crippen LogP contribution in [0, 0.1) is 5.92 Å². The van der Waals surface area contributed by atoms with E-state index in [1.807, 2.05) is 18.7 Å². The van der Waals surface area contributed by atoms with Crippen molar-refractivity contribution in [2.45, 2.75) is 20.3 Å². The van der Waals surface area contributed by atoms with E-state index in [0.717, 1.165) is 18.8 Å². The second-order valence-electron chi connectivity index (χ2n) is 3.25. The zero-order valence-corrected chi connectivity index (χ0v) is 11.1. The molecule has 1 fully saturated rings. The number of hydrogen-bond donors (Lipinski definition) is 1. The molecule has 0 aromatic rings. The molecule has 17 heavy (non-hydrogen) atoms. The Morgan fingerprint density at radius 3 is 2.29 bits per heavy atom. The maximum absolute atomic E-state index is 10.3. The molecule has 0 saturated carbocycles. The van der Waals surface area contributed by atoms with Gasteiger partial charge in [0.05, 0.1) is 6.42 Å². The van der Waals surface area contributed by atoms with Gasteiger partial charge in [-0.25, -0.2) is 0 Å². The van der Waals surface area contributed by atoms with Crippen molar-refractivity contribution >= 4 is 12.2 Å². The number of allylic oxidation sites excluding steroid dienone is 1. The van der Waals surface area contributed by atoms with Crippen LogP contribution in [-0.4, -0.2) is 42.3 Å². The molecule has 0 spiro atoms. The normalized spacial score (nSPS) is 13.9. The molecular weight excluding hydrogens is 216 g/mol. The summed E-state index contributed by atoms with van der Waals surface area (Å²) in [7, 11) is 1.69. The van der Waals surface area contributed by atoms with Gasteiger partial charge in [-0.15, -0.1) is 13.2 Å². The van der Waals surface area contributed by atoms with Crippen LogP contribution in [0.5, 0.6) is 0 Å². The fourth-order valence-electron chi connectivity index (χ4n) is 1.41. The summed E-state index contributed by atoms with van der Waals surface area (Å²) in [5, 5.41) is 8.51. The van der Waals surface area contributed by atoms with Crippen molar-refractivity contribution in [3.05, 3.63) is 25.4 Å². The number of nitrogens with zero attached hydrogens (tertiary/aromatic N) is 2. The van der Waals surface area contributed by atoms with Gasteiger partial charge in [0.15, 0.2) is 0 Å². The van der Waals surface area contributed by atoms with Crippen molar-refractivity contribution in [3.8, 4) is 0 Å². The van der Waals surface area contributed by atoms with Crippen molar-refractivity contribution in [3.63, 3.8) is 0 Å². The van der Waals surface area contributed by atoms with Crippen LogP contribution in [0.25, 0.3) is 0 Å². The van der Waals surface area contributed by atoms with Crippen LogP contribution in [0.1, 0.15) is 20.3 Å². The molecule has 0 amide bonds. The van der Waals surface area contributed by atoms with Gasteiger partial charge in [-0.1, -0.05) is 20.4 Å². The number of carboxylic acids is 1. The molecule has 4 heteroatoms. The summed E-state index contributed by atoms with van der Waals surface area (Å²) in [5.74, 6) is -0.445. The number of likely N-dealkylation sites (tertiary alicyclic amines) is 1. The number of aliphatic carboxylic acids is 1. The Kier molecular flexibility index (Phi) is 11.4. The number of carbonyl (C=O) groups is 1. The SMILES string of the molecule is C=C.C=C(C=NC)N1CC(CC(=O)O)C1.CC. The third kappa shape index (κ3) is 7.33. The van der Waals surface area contributed by atoms with Gasteiger partial charge >= 0.3 is 5.97 Å². The molecule has 1 heterocycles.